The molecule has 3 aromatic rings. The van der Waals surface area contributed by atoms with E-state index >= 15 is 0 Å². The number of nitrogens with zero attached hydrogens (tertiary/aromatic N) is 1. The number of hydrogen-bond donors (Lipinski definition) is 1. The molecule has 0 radical (unpaired) electrons. The molecule has 0 atom stereocenters. The number of carbonyl (C=O) groups is 1. The molecule has 1 fully saturated rings. The van der Waals surface area contributed by atoms with Crippen LogP contribution in [-0.2, 0) is 10.2 Å². The molecular weight excluding hydrogens is 387 g/mol. The van der Waals surface area contributed by atoms with Crippen molar-refractivity contribution in [2.75, 3.05) is 12.1 Å². The van der Waals surface area contributed by atoms with Crippen molar-refractivity contribution >= 4 is 23.2 Å². The molecule has 5 rings (SSSR count). The van der Waals surface area contributed by atoms with Gasteiger partial charge in [0.05, 0.1) is 16.1 Å². The second-order valence-corrected chi connectivity index (χ2v) is 7.22. The predicted octanol–water partition coefficient (Wildman–Crippen LogP) is 4.53. The Kier molecular flexibility index (Phi) is 3.80. The standard InChI is InChI=1S/C20H14ClFN2O4/c21-13-8-12(2-3-14(13)22)23-19(25)20(5-6-20)18-9-16(28-24-18)11-1-4-15-17(7-11)27-10-26-15/h1-4,7-9H,5-6,10H2,(H,23,25). The van der Waals surface area contributed by atoms with Crippen LogP contribution in [0.15, 0.2) is 47.0 Å². The van der Waals surface area contributed by atoms with E-state index in [4.69, 9.17) is 25.6 Å². The number of fused-ring (bicyclic) bond motifs is 1. The second kappa shape index (κ2) is 6.24. The second-order valence-electron chi connectivity index (χ2n) is 6.81. The molecule has 0 bridgehead atoms. The number of carbonyl (C=O) groups excluding carboxylic acids is 1. The summed E-state index contributed by atoms with van der Waals surface area (Å²) in [6.45, 7) is 0.192. The number of benzene rings is 2. The van der Waals surface area contributed by atoms with Crippen LogP contribution in [0, 0.1) is 5.82 Å². The molecule has 1 aliphatic heterocycles. The third-order valence-electron chi connectivity index (χ3n) is 5.02. The Hall–Kier alpha value is -3.06. The number of amides is 1. The lowest BCUT2D eigenvalue weighted by Crippen LogP contribution is -2.28. The number of anilines is 1. The highest BCUT2D eigenvalue weighted by Gasteiger charge is 2.53. The summed E-state index contributed by atoms with van der Waals surface area (Å²) in [5.74, 6) is 1.10. The molecule has 6 nitrogen and oxygen atoms in total. The fourth-order valence-electron chi connectivity index (χ4n) is 3.24. The van der Waals surface area contributed by atoms with Crippen molar-refractivity contribution in [1.29, 1.82) is 0 Å². The maximum atomic E-state index is 13.3. The van der Waals surface area contributed by atoms with E-state index in [1.165, 1.54) is 18.2 Å². The number of nitrogens with one attached hydrogen (secondary N) is 1. The van der Waals surface area contributed by atoms with E-state index in [9.17, 15) is 9.18 Å². The third kappa shape index (κ3) is 2.79. The van der Waals surface area contributed by atoms with Gasteiger partial charge in [0, 0.05) is 17.3 Å². The van der Waals surface area contributed by atoms with Gasteiger partial charge in [0.25, 0.3) is 0 Å². The highest BCUT2D eigenvalue weighted by atomic mass is 35.5. The van der Waals surface area contributed by atoms with Crippen molar-refractivity contribution in [3.63, 3.8) is 0 Å². The van der Waals surface area contributed by atoms with E-state index in [1.54, 1.807) is 12.1 Å². The number of hydrogen-bond acceptors (Lipinski definition) is 5. The van der Waals surface area contributed by atoms with E-state index in [2.05, 4.69) is 10.5 Å². The van der Waals surface area contributed by atoms with Crippen molar-refractivity contribution in [1.82, 2.24) is 5.16 Å². The fourth-order valence-corrected chi connectivity index (χ4v) is 3.42. The van der Waals surface area contributed by atoms with Crippen molar-refractivity contribution in [3.8, 4) is 22.8 Å². The topological polar surface area (TPSA) is 73.6 Å². The van der Waals surface area contributed by atoms with Crippen molar-refractivity contribution < 1.29 is 23.2 Å². The van der Waals surface area contributed by atoms with Crippen LogP contribution < -0.4 is 14.8 Å². The summed E-state index contributed by atoms with van der Waals surface area (Å²) in [6, 6.07) is 11.3. The van der Waals surface area contributed by atoms with Gasteiger partial charge in [-0.1, -0.05) is 16.8 Å². The average molecular weight is 401 g/mol. The molecule has 2 heterocycles. The smallest absolute Gasteiger partial charge is 0.236 e. The van der Waals surface area contributed by atoms with E-state index in [0.717, 1.165) is 5.56 Å². The monoisotopic (exact) mass is 400 g/mol. The first-order valence-electron chi connectivity index (χ1n) is 8.69. The molecule has 2 aliphatic rings. The maximum Gasteiger partial charge on any atom is 0.236 e. The van der Waals surface area contributed by atoms with Gasteiger partial charge in [-0.05, 0) is 49.2 Å². The van der Waals surface area contributed by atoms with Gasteiger partial charge >= 0.3 is 0 Å². The highest BCUT2D eigenvalue weighted by Crippen LogP contribution is 2.49. The van der Waals surface area contributed by atoms with Crippen LogP contribution in [0.3, 0.4) is 0 Å². The molecule has 1 aliphatic carbocycles. The Morgan fingerprint density at radius 2 is 1.93 bits per heavy atom. The zero-order valence-corrected chi connectivity index (χ0v) is 15.3. The highest BCUT2D eigenvalue weighted by molar-refractivity contribution is 6.31. The van der Waals surface area contributed by atoms with Crippen LogP contribution in [-0.4, -0.2) is 17.9 Å². The summed E-state index contributed by atoms with van der Waals surface area (Å²) in [5, 5.41) is 6.86. The van der Waals surface area contributed by atoms with Gasteiger partial charge in [-0.25, -0.2) is 4.39 Å². The lowest BCUT2D eigenvalue weighted by Gasteiger charge is -2.12. The normalized spacial score (nSPS) is 16.1. The Labute approximate surface area is 164 Å². The zero-order valence-electron chi connectivity index (χ0n) is 14.5. The first-order valence-corrected chi connectivity index (χ1v) is 9.07. The van der Waals surface area contributed by atoms with Crippen LogP contribution in [0.2, 0.25) is 5.02 Å². The third-order valence-corrected chi connectivity index (χ3v) is 5.31. The quantitative estimate of drug-likeness (QED) is 0.696. The molecule has 0 spiro atoms. The van der Waals surface area contributed by atoms with Gasteiger partial charge in [-0.3, -0.25) is 4.79 Å². The predicted molar refractivity (Wildman–Crippen MR) is 99.0 cm³/mol. The molecule has 0 unspecified atom stereocenters. The summed E-state index contributed by atoms with van der Waals surface area (Å²) >= 11 is 5.78. The van der Waals surface area contributed by atoms with Gasteiger partial charge in [-0.2, -0.15) is 0 Å². The number of rotatable bonds is 4. The van der Waals surface area contributed by atoms with E-state index in [1.807, 2.05) is 12.1 Å². The minimum Gasteiger partial charge on any atom is -0.454 e. The zero-order chi connectivity index (χ0) is 19.3. The van der Waals surface area contributed by atoms with E-state index in [-0.39, 0.29) is 17.7 Å². The first kappa shape index (κ1) is 17.1. The van der Waals surface area contributed by atoms with Crippen molar-refractivity contribution in [2.45, 2.75) is 18.3 Å². The maximum absolute atomic E-state index is 13.3. The van der Waals surface area contributed by atoms with Crippen LogP contribution in [0.5, 0.6) is 11.5 Å². The molecule has 0 saturated heterocycles. The number of aromatic nitrogens is 1. The van der Waals surface area contributed by atoms with Crippen LogP contribution in [0.4, 0.5) is 10.1 Å². The summed E-state index contributed by atoms with van der Waals surface area (Å²) < 4.78 is 29.5. The summed E-state index contributed by atoms with van der Waals surface area (Å²) in [6.07, 6.45) is 1.31. The molecule has 2 aromatic carbocycles. The first-order chi connectivity index (χ1) is 13.5. The Balaban J connectivity index is 1.38. The van der Waals surface area contributed by atoms with Crippen LogP contribution >= 0.6 is 11.6 Å². The van der Waals surface area contributed by atoms with Crippen molar-refractivity contribution in [3.05, 3.63) is 59.0 Å². The molecule has 142 valence electrons. The summed E-state index contributed by atoms with van der Waals surface area (Å²) in [4.78, 5) is 12.8. The van der Waals surface area contributed by atoms with Gasteiger partial charge in [0.1, 0.15) is 5.82 Å². The molecule has 28 heavy (non-hydrogen) atoms. The van der Waals surface area contributed by atoms with E-state index in [0.29, 0.717) is 41.5 Å². The number of halogens is 2. The van der Waals surface area contributed by atoms with Crippen molar-refractivity contribution in [2.24, 2.45) is 0 Å². The lowest BCUT2D eigenvalue weighted by atomic mass is 10.00. The summed E-state index contributed by atoms with van der Waals surface area (Å²) in [7, 11) is 0. The molecule has 1 aromatic heterocycles. The molecule has 8 heteroatoms. The minimum absolute atomic E-state index is 0.0471. The summed E-state index contributed by atoms with van der Waals surface area (Å²) in [5.41, 5.74) is 1.02. The lowest BCUT2D eigenvalue weighted by molar-refractivity contribution is -0.118. The average Bonchev–Trinajstić information content (AvgIpc) is 3.13. The van der Waals surface area contributed by atoms with Gasteiger partial charge in [0.2, 0.25) is 12.7 Å². The Morgan fingerprint density at radius 3 is 2.71 bits per heavy atom. The molecular formula is C20H14ClFN2O4. The Morgan fingerprint density at radius 1 is 1.11 bits per heavy atom. The van der Waals surface area contributed by atoms with E-state index < -0.39 is 11.2 Å². The molecule has 1 N–H and O–H groups in total. The fraction of sp³-hybridized carbons (Fsp3) is 0.200. The number of ether oxygens (including phenoxy) is 2. The molecule has 1 amide bonds. The van der Waals surface area contributed by atoms with Crippen LogP contribution in [0.1, 0.15) is 18.5 Å². The SMILES string of the molecule is O=C(Nc1ccc(F)c(Cl)c1)C1(c2cc(-c3ccc4c(c3)OCO4)on2)CC1. The van der Waals surface area contributed by atoms with Crippen LogP contribution in [0.25, 0.3) is 11.3 Å². The molecule has 1 saturated carbocycles. The Bertz CT molecular complexity index is 1090. The van der Waals surface area contributed by atoms with Gasteiger partial charge in [-0.15, -0.1) is 0 Å². The van der Waals surface area contributed by atoms with Gasteiger partial charge < -0.3 is 19.3 Å². The largest absolute Gasteiger partial charge is 0.454 e. The minimum atomic E-state index is -0.751. The van der Waals surface area contributed by atoms with Gasteiger partial charge in [0.15, 0.2) is 17.3 Å².